The lowest BCUT2D eigenvalue weighted by atomic mass is 10.2. The molecule has 0 spiro atoms. The van der Waals surface area contributed by atoms with E-state index in [0.29, 0.717) is 5.69 Å². The fourth-order valence-corrected chi connectivity index (χ4v) is 2.12. The highest BCUT2D eigenvalue weighted by Crippen LogP contribution is 2.23. The van der Waals surface area contributed by atoms with Crippen molar-refractivity contribution >= 4 is 11.3 Å². The standard InChI is InChI=1S/C14H14N4O/c1-9-7-11(15)8-18-13(9)16-17-14(18)10-3-5-12(19-2)6-4-10/h3-8H,15H2,1-2H3. The molecule has 0 radical (unpaired) electrons. The molecule has 96 valence electrons. The van der Waals surface area contributed by atoms with Gasteiger partial charge in [0.15, 0.2) is 11.5 Å². The number of nitrogens with zero attached hydrogens (tertiary/aromatic N) is 3. The van der Waals surface area contributed by atoms with Crippen LogP contribution in [0.15, 0.2) is 36.5 Å². The highest BCUT2D eigenvalue weighted by atomic mass is 16.5. The van der Waals surface area contributed by atoms with E-state index in [1.54, 1.807) is 7.11 Å². The van der Waals surface area contributed by atoms with Gasteiger partial charge in [0.2, 0.25) is 0 Å². The lowest BCUT2D eigenvalue weighted by Gasteiger charge is -2.04. The normalized spacial score (nSPS) is 10.8. The molecule has 2 N–H and O–H groups in total. The Kier molecular flexibility index (Phi) is 2.59. The maximum atomic E-state index is 5.88. The monoisotopic (exact) mass is 254 g/mol. The van der Waals surface area contributed by atoms with E-state index in [0.717, 1.165) is 28.3 Å². The fraction of sp³-hybridized carbons (Fsp3) is 0.143. The topological polar surface area (TPSA) is 65.4 Å². The average molecular weight is 254 g/mol. The SMILES string of the molecule is COc1ccc(-c2nnc3c(C)cc(N)cn23)cc1. The second kappa shape index (κ2) is 4.28. The summed E-state index contributed by atoms with van der Waals surface area (Å²) in [7, 11) is 1.64. The van der Waals surface area contributed by atoms with E-state index >= 15 is 0 Å². The summed E-state index contributed by atoms with van der Waals surface area (Å²) < 4.78 is 7.06. The van der Waals surface area contributed by atoms with Gasteiger partial charge in [-0.05, 0) is 42.8 Å². The number of hydrogen-bond donors (Lipinski definition) is 1. The first-order chi connectivity index (χ1) is 9.19. The van der Waals surface area contributed by atoms with E-state index in [1.807, 2.05) is 47.9 Å². The van der Waals surface area contributed by atoms with Crippen LogP contribution in [0.2, 0.25) is 0 Å². The van der Waals surface area contributed by atoms with Gasteiger partial charge in [0.1, 0.15) is 5.75 Å². The molecule has 0 fully saturated rings. The van der Waals surface area contributed by atoms with Crippen LogP contribution >= 0.6 is 0 Å². The minimum absolute atomic E-state index is 0.694. The van der Waals surface area contributed by atoms with Crippen molar-refractivity contribution in [2.75, 3.05) is 12.8 Å². The molecule has 0 aliphatic heterocycles. The first-order valence-corrected chi connectivity index (χ1v) is 5.94. The molecule has 0 amide bonds. The van der Waals surface area contributed by atoms with E-state index in [1.165, 1.54) is 0 Å². The van der Waals surface area contributed by atoms with Crippen molar-refractivity contribution in [3.63, 3.8) is 0 Å². The van der Waals surface area contributed by atoms with Crippen molar-refractivity contribution in [1.29, 1.82) is 0 Å². The Hall–Kier alpha value is -2.56. The maximum Gasteiger partial charge on any atom is 0.168 e. The van der Waals surface area contributed by atoms with Crippen molar-refractivity contribution in [3.8, 4) is 17.1 Å². The van der Waals surface area contributed by atoms with Crippen LogP contribution < -0.4 is 10.5 Å². The van der Waals surface area contributed by atoms with E-state index in [9.17, 15) is 0 Å². The molecule has 0 aliphatic carbocycles. The van der Waals surface area contributed by atoms with Crippen molar-refractivity contribution in [2.45, 2.75) is 6.92 Å². The van der Waals surface area contributed by atoms with Gasteiger partial charge in [-0.1, -0.05) is 0 Å². The molecule has 1 aromatic carbocycles. The molecule has 19 heavy (non-hydrogen) atoms. The highest BCUT2D eigenvalue weighted by molar-refractivity contribution is 5.64. The number of benzene rings is 1. The summed E-state index contributed by atoms with van der Waals surface area (Å²) in [6, 6.07) is 9.59. The number of nitrogen functional groups attached to an aromatic ring is 1. The number of methoxy groups -OCH3 is 1. The number of fused-ring (bicyclic) bond motifs is 1. The highest BCUT2D eigenvalue weighted by Gasteiger charge is 2.10. The quantitative estimate of drug-likeness (QED) is 0.762. The first-order valence-electron chi connectivity index (χ1n) is 5.94. The third-order valence-electron chi connectivity index (χ3n) is 3.06. The van der Waals surface area contributed by atoms with Gasteiger partial charge in [-0.25, -0.2) is 0 Å². The Morgan fingerprint density at radius 3 is 2.58 bits per heavy atom. The van der Waals surface area contributed by atoms with Crippen LogP contribution in [0.4, 0.5) is 5.69 Å². The van der Waals surface area contributed by atoms with Gasteiger partial charge in [-0.2, -0.15) is 0 Å². The smallest absolute Gasteiger partial charge is 0.168 e. The zero-order chi connectivity index (χ0) is 13.4. The fourth-order valence-electron chi connectivity index (χ4n) is 2.12. The first kappa shape index (κ1) is 11.5. The van der Waals surface area contributed by atoms with Gasteiger partial charge in [0.05, 0.1) is 7.11 Å². The summed E-state index contributed by atoms with van der Waals surface area (Å²) >= 11 is 0. The molecule has 0 saturated carbocycles. The van der Waals surface area contributed by atoms with Crippen molar-refractivity contribution in [2.24, 2.45) is 0 Å². The number of rotatable bonds is 2. The van der Waals surface area contributed by atoms with E-state index in [2.05, 4.69) is 10.2 Å². The number of pyridine rings is 1. The molecule has 3 aromatic rings. The van der Waals surface area contributed by atoms with Crippen LogP contribution in [0.1, 0.15) is 5.56 Å². The van der Waals surface area contributed by atoms with Crippen LogP contribution in [0.5, 0.6) is 5.75 Å². The van der Waals surface area contributed by atoms with Crippen molar-refractivity contribution in [1.82, 2.24) is 14.6 Å². The van der Waals surface area contributed by atoms with E-state index < -0.39 is 0 Å². The van der Waals surface area contributed by atoms with Crippen molar-refractivity contribution in [3.05, 3.63) is 42.1 Å². The molecule has 0 unspecified atom stereocenters. The molecule has 3 rings (SSSR count). The second-order valence-electron chi connectivity index (χ2n) is 4.40. The minimum atomic E-state index is 0.694. The molecule has 0 atom stereocenters. The lowest BCUT2D eigenvalue weighted by Crippen LogP contribution is -1.95. The van der Waals surface area contributed by atoms with E-state index in [4.69, 9.17) is 10.5 Å². The molecule has 2 aromatic heterocycles. The maximum absolute atomic E-state index is 5.88. The predicted octanol–water partition coefficient (Wildman–Crippen LogP) is 2.30. The van der Waals surface area contributed by atoms with Gasteiger partial charge in [-0.15, -0.1) is 10.2 Å². The van der Waals surface area contributed by atoms with E-state index in [-0.39, 0.29) is 0 Å². The Morgan fingerprint density at radius 2 is 1.89 bits per heavy atom. The number of hydrogen-bond acceptors (Lipinski definition) is 4. The van der Waals surface area contributed by atoms with Crippen LogP contribution in [0.3, 0.4) is 0 Å². The number of aromatic nitrogens is 3. The average Bonchev–Trinajstić information content (AvgIpc) is 2.83. The summed E-state index contributed by atoms with van der Waals surface area (Å²) in [4.78, 5) is 0. The van der Waals surface area contributed by atoms with Gasteiger partial charge in [-0.3, -0.25) is 4.40 Å². The number of anilines is 1. The molecular weight excluding hydrogens is 240 g/mol. The van der Waals surface area contributed by atoms with Crippen LogP contribution in [-0.4, -0.2) is 21.7 Å². The lowest BCUT2D eigenvalue weighted by molar-refractivity contribution is 0.415. The van der Waals surface area contributed by atoms with Gasteiger partial charge in [0, 0.05) is 17.4 Å². The van der Waals surface area contributed by atoms with Crippen LogP contribution in [0, 0.1) is 6.92 Å². The van der Waals surface area contributed by atoms with Gasteiger partial charge >= 0.3 is 0 Å². The molecule has 5 nitrogen and oxygen atoms in total. The third kappa shape index (κ3) is 1.89. The number of aryl methyl sites for hydroxylation is 1. The summed E-state index contributed by atoms with van der Waals surface area (Å²) in [6.07, 6.45) is 1.84. The summed E-state index contributed by atoms with van der Waals surface area (Å²) in [5.74, 6) is 1.58. The molecule has 0 aliphatic rings. The molecule has 0 bridgehead atoms. The molecule has 0 saturated heterocycles. The Morgan fingerprint density at radius 1 is 1.16 bits per heavy atom. The zero-order valence-electron chi connectivity index (χ0n) is 10.8. The third-order valence-corrected chi connectivity index (χ3v) is 3.06. The minimum Gasteiger partial charge on any atom is -0.497 e. The van der Waals surface area contributed by atoms with Gasteiger partial charge in [0.25, 0.3) is 0 Å². The Bertz CT molecular complexity index is 731. The largest absolute Gasteiger partial charge is 0.497 e. The predicted molar refractivity (Wildman–Crippen MR) is 74.1 cm³/mol. The second-order valence-corrected chi connectivity index (χ2v) is 4.40. The molecular formula is C14H14N4O. The summed E-state index contributed by atoms with van der Waals surface area (Å²) in [5, 5.41) is 8.44. The van der Waals surface area contributed by atoms with Crippen molar-refractivity contribution < 1.29 is 4.74 Å². The zero-order valence-corrected chi connectivity index (χ0v) is 10.8. The summed E-state index contributed by atoms with van der Waals surface area (Å²) in [6.45, 7) is 1.97. The number of ether oxygens (including phenoxy) is 1. The summed E-state index contributed by atoms with van der Waals surface area (Å²) in [5.41, 5.74) is 9.37. The van der Waals surface area contributed by atoms with Crippen LogP contribution in [-0.2, 0) is 0 Å². The van der Waals surface area contributed by atoms with Crippen LogP contribution in [0.25, 0.3) is 17.0 Å². The van der Waals surface area contributed by atoms with Gasteiger partial charge < -0.3 is 10.5 Å². The molecule has 5 heteroatoms. The molecule has 2 heterocycles. The number of nitrogens with two attached hydrogens (primary N) is 1. The Balaban J connectivity index is 2.19. The Labute approximate surface area is 110 Å².